The van der Waals surface area contributed by atoms with Crippen molar-refractivity contribution in [1.29, 1.82) is 0 Å². The number of benzene rings is 1. The van der Waals surface area contributed by atoms with Gasteiger partial charge in [0, 0.05) is 19.5 Å². The number of fused-ring (bicyclic) bond motifs is 1. The van der Waals surface area contributed by atoms with Crippen molar-refractivity contribution in [3.8, 4) is 6.01 Å². The molecular weight excluding hydrogens is 409 g/mol. The van der Waals surface area contributed by atoms with Crippen LogP contribution in [0.25, 0.3) is 5.57 Å². The number of halogens is 3. The van der Waals surface area contributed by atoms with Crippen LogP contribution in [0.15, 0.2) is 48.4 Å². The maximum atomic E-state index is 12.3. The van der Waals surface area contributed by atoms with E-state index >= 15 is 0 Å². The van der Waals surface area contributed by atoms with Crippen molar-refractivity contribution in [2.24, 2.45) is 0 Å². The molecule has 2 heterocycles. The number of nitrogens with one attached hydrogen (secondary N) is 1. The summed E-state index contributed by atoms with van der Waals surface area (Å²) in [6.45, 7) is 3.48. The Balaban J connectivity index is 1.36. The standard InChI is InChI=1S/C22H25F3N4O2/c1-2-19-18(12-29-13-20(26)28-21(29)30-19)27-11-14-3-5-15(6-4-14)16-7-9-17(10-8-16)31-22(23,24)25/h3-7,9,13,18-19,27H,2,8,10-12,26H2,1H3/t18-,19?/m0/s1. The molecule has 4 rings (SSSR count). The number of imidazole rings is 1. The number of hydrogen-bond donors (Lipinski definition) is 2. The Bertz CT molecular complexity index is 980. The van der Waals surface area contributed by atoms with Gasteiger partial charge in [-0.1, -0.05) is 37.3 Å². The van der Waals surface area contributed by atoms with Crippen molar-refractivity contribution in [2.75, 3.05) is 5.73 Å². The third kappa shape index (κ3) is 5.22. The van der Waals surface area contributed by atoms with E-state index in [-0.39, 0.29) is 24.3 Å². The number of hydrogen-bond acceptors (Lipinski definition) is 5. The molecule has 0 spiro atoms. The van der Waals surface area contributed by atoms with Crippen LogP contribution < -0.4 is 15.8 Å². The summed E-state index contributed by atoms with van der Waals surface area (Å²) in [6.07, 6.45) is 1.83. The summed E-state index contributed by atoms with van der Waals surface area (Å²) in [6, 6.07) is 8.74. The van der Waals surface area contributed by atoms with Crippen molar-refractivity contribution in [1.82, 2.24) is 14.9 Å². The van der Waals surface area contributed by atoms with Crippen LogP contribution in [-0.2, 0) is 17.8 Å². The molecule has 166 valence electrons. The lowest BCUT2D eigenvalue weighted by atomic mass is 9.96. The van der Waals surface area contributed by atoms with Crippen molar-refractivity contribution in [2.45, 2.75) is 57.8 Å². The Kier molecular flexibility index (Phi) is 5.95. The molecule has 1 aromatic heterocycles. The summed E-state index contributed by atoms with van der Waals surface area (Å²) < 4.78 is 48.8. The number of alkyl halides is 3. The van der Waals surface area contributed by atoms with Gasteiger partial charge in [-0.3, -0.25) is 4.57 Å². The Hall–Kier alpha value is -2.94. The summed E-state index contributed by atoms with van der Waals surface area (Å²) >= 11 is 0. The first-order valence-corrected chi connectivity index (χ1v) is 10.3. The molecule has 0 radical (unpaired) electrons. The molecule has 9 heteroatoms. The van der Waals surface area contributed by atoms with E-state index < -0.39 is 6.36 Å². The topological polar surface area (TPSA) is 74.3 Å². The molecular formula is C22H25F3N4O2. The fourth-order valence-corrected chi connectivity index (χ4v) is 3.93. The van der Waals surface area contributed by atoms with Crippen LogP contribution in [0.1, 0.15) is 37.3 Å². The van der Waals surface area contributed by atoms with Crippen LogP contribution in [0.5, 0.6) is 6.01 Å². The lowest BCUT2D eigenvalue weighted by molar-refractivity contribution is -0.306. The predicted molar refractivity (Wildman–Crippen MR) is 111 cm³/mol. The molecule has 0 saturated heterocycles. The number of rotatable bonds is 6. The smallest absolute Gasteiger partial charge is 0.460 e. The molecule has 2 atom stereocenters. The van der Waals surface area contributed by atoms with E-state index in [1.165, 1.54) is 6.08 Å². The number of nitrogens with zero attached hydrogens (tertiary/aromatic N) is 2. The van der Waals surface area contributed by atoms with Gasteiger partial charge >= 0.3 is 6.36 Å². The normalized spacial score (nSPS) is 21.0. The van der Waals surface area contributed by atoms with Gasteiger partial charge in [-0.05, 0) is 35.6 Å². The van der Waals surface area contributed by atoms with Gasteiger partial charge < -0.3 is 20.5 Å². The monoisotopic (exact) mass is 434 g/mol. The molecule has 6 nitrogen and oxygen atoms in total. The van der Waals surface area contributed by atoms with E-state index in [0.29, 0.717) is 24.8 Å². The van der Waals surface area contributed by atoms with Crippen molar-refractivity contribution < 1.29 is 22.6 Å². The molecule has 0 amide bonds. The zero-order valence-electron chi connectivity index (χ0n) is 17.2. The lowest BCUT2D eigenvalue weighted by Gasteiger charge is -2.32. The van der Waals surface area contributed by atoms with Crippen molar-refractivity contribution in [3.05, 3.63) is 59.5 Å². The number of anilines is 1. The van der Waals surface area contributed by atoms with Gasteiger partial charge in [0.25, 0.3) is 6.01 Å². The van der Waals surface area contributed by atoms with Gasteiger partial charge in [0.15, 0.2) is 0 Å². The summed E-state index contributed by atoms with van der Waals surface area (Å²) in [5.74, 6) is 0.394. The highest BCUT2D eigenvalue weighted by molar-refractivity contribution is 5.68. The number of nitrogen functional groups attached to an aromatic ring is 1. The van der Waals surface area contributed by atoms with Gasteiger partial charge in [0.2, 0.25) is 0 Å². The van der Waals surface area contributed by atoms with E-state index in [1.807, 2.05) is 28.8 Å². The minimum absolute atomic E-state index is 0.0147. The Morgan fingerprint density at radius 1 is 1.23 bits per heavy atom. The maximum absolute atomic E-state index is 12.3. The fourth-order valence-electron chi connectivity index (χ4n) is 3.93. The zero-order valence-corrected chi connectivity index (χ0v) is 17.2. The molecule has 2 aromatic rings. The summed E-state index contributed by atoms with van der Waals surface area (Å²) in [5.41, 5.74) is 8.87. The fraction of sp³-hybridized carbons (Fsp3) is 0.409. The minimum Gasteiger partial charge on any atom is -0.460 e. The van der Waals surface area contributed by atoms with Crippen LogP contribution in [0.4, 0.5) is 19.0 Å². The van der Waals surface area contributed by atoms with Gasteiger partial charge in [-0.25, -0.2) is 0 Å². The Morgan fingerprint density at radius 2 is 2.00 bits per heavy atom. The average molecular weight is 434 g/mol. The Morgan fingerprint density at radius 3 is 2.65 bits per heavy atom. The second-order valence-electron chi connectivity index (χ2n) is 7.72. The molecule has 2 aliphatic rings. The van der Waals surface area contributed by atoms with Crippen LogP contribution in [0, 0.1) is 0 Å². The molecule has 31 heavy (non-hydrogen) atoms. The molecule has 1 aromatic carbocycles. The molecule has 1 aliphatic heterocycles. The predicted octanol–water partition coefficient (Wildman–Crippen LogP) is 4.39. The van der Waals surface area contributed by atoms with Gasteiger partial charge in [0.05, 0.1) is 12.2 Å². The summed E-state index contributed by atoms with van der Waals surface area (Å²) in [4.78, 5) is 4.20. The second kappa shape index (κ2) is 8.66. The number of nitrogens with two attached hydrogens (primary N) is 1. The number of allylic oxidation sites excluding steroid dienone is 4. The van der Waals surface area contributed by atoms with Crippen LogP contribution in [-0.4, -0.2) is 28.1 Å². The van der Waals surface area contributed by atoms with Crippen molar-refractivity contribution in [3.63, 3.8) is 0 Å². The van der Waals surface area contributed by atoms with E-state index in [4.69, 9.17) is 10.5 Å². The van der Waals surface area contributed by atoms with E-state index in [9.17, 15) is 13.2 Å². The first-order chi connectivity index (χ1) is 14.8. The van der Waals surface area contributed by atoms with E-state index in [1.54, 1.807) is 12.3 Å². The molecule has 1 unspecified atom stereocenters. The largest absolute Gasteiger partial charge is 0.572 e. The SMILES string of the molecule is CCC1Oc2nc(N)cn2C[C@@H]1NCc1ccc(C2=CC=C(OC(F)(F)F)CC2)cc1. The average Bonchev–Trinajstić information content (AvgIpc) is 3.10. The third-order valence-corrected chi connectivity index (χ3v) is 5.51. The third-order valence-electron chi connectivity index (χ3n) is 5.51. The molecule has 0 bridgehead atoms. The van der Waals surface area contributed by atoms with Crippen LogP contribution in [0.2, 0.25) is 0 Å². The van der Waals surface area contributed by atoms with Crippen molar-refractivity contribution >= 4 is 11.4 Å². The maximum Gasteiger partial charge on any atom is 0.572 e. The van der Waals surface area contributed by atoms with E-state index in [0.717, 1.165) is 29.7 Å². The number of aromatic nitrogens is 2. The summed E-state index contributed by atoms with van der Waals surface area (Å²) in [7, 11) is 0. The quantitative estimate of drug-likeness (QED) is 0.705. The molecule has 0 saturated carbocycles. The van der Waals surface area contributed by atoms with Crippen LogP contribution >= 0.6 is 0 Å². The highest BCUT2D eigenvalue weighted by atomic mass is 19.4. The first-order valence-electron chi connectivity index (χ1n) is 10.3. The molecule has 0 fully saturated rings. The van der Waals surface area contributed by atoms with Crippen LogP contribution in [0.3, 0.4) is 0 Å². The Labute approximate surface area is 178 Å². The molecule has 3 N–H and O–H groups in total. The van der Waals surface area contributed by atoms with Gasteiger partial charge in [-0.15, -0.1) is 13.2 Å². The first kappa shape index (κ1) is 21.3. The highest BCUT2D eigenvalue weighted by Crippen LogP contribution is 2.31. The second-order valence-corrected chi connectivity index (χ2v) is 7.72. The van der Waals surface area contributed by atoms with E-state index in [2.05, 4.69) is 22.0 Å². The minimum atomic E-state index is -4.64. The van der Waals surface area contributed by atoms with Gasteiger partial charge in [0.1, 0.15) is 17.7 Å². The number of ether oxygens (including phenoxy) is 2. The summed E-state index contributed by atoms with van der Waals surface area (Å²) in [5, 5.41) is 3.55. The lowest BCUT2D eigenvalue weighted by Crippen LogP contribution is -2.48. The molecule has 1 aliphatic carbocycles. The van der Waals surface area contributed by atoms with Gasteiger partial charge in [-0.2, -0.15) is 4.98 Å². The highest BCUT2D eigenvalue weighted by Gasteiger charge is 2.32. The zero-order chi connectivity index (χ0) is 22.0.